The molecule has 2 N–H and O–H groups in total. The highest BCUT2D eigenvalue weighted by molar-refractivity contribution is 7.89. The van der Waals surface area contributed by atoms with Crippen molar-refractivity contribution in [1.29, 1.82) is 0 Å². The van der Waals surface area contributed by atoms with Crippen LogP contribution in [0.5, 0.6) is 5.75 Å². The molecular formula is C18H25N3O6S. The third-order valence-electron chi connectivity index (χ3n) is 4.12. The maximum atomic E-state index is 12.2. The van der Waals surface area contributed by atoms with Gasteiger partial charge in [0.1, 0.15) is 5.75 Å². The standard InChI is InChI=1S/C18H25N3O6S/c1-2-27-14-4-6-15(7-5-14)28(25,26)20-12-10-16(22)19-11-3-13-21-17(23)8-9-18(21)24/h4-7,20H,2-3,8-13H2,1H3,(H,19,22). The lowest BCUT2D eigenvalue weighted by atomic mass is 10.3. The number of hydrogen-bond donors (Lipinski definition) is 2. The van der Waals surface area contributed by atoms with Crippen molar-refractivity contribution in [2.24, 2.45) is 0 Å². The molecule has 0 radical (unpaired) electrons. The fourth-order valence-corrected chi connectivity index (χ4v) is 3.72. The van der Waals surface area contributed by atoms with Gasteiger partial charge in [0.25, 0.3) is 0 Å². The van der Waals surface area contributed by atoms with Crippen molar-refractivity contribution in [1.82, 2.24) is 14.9 Å². The average Bonchev–Trinajstić information content (AvgIpc) is 2.97. The zero-order chi connectivity index (χ0) is 20.6. The number of benzene rings is 1. The summed E-state index contributed by atoms with van der Waals surface area (Å²) in [4.78, 5) is 36.0. The first kappa shape index (κ1) is 21.8. The van der Waals surface area contributed by atoms with Crippen molar-refractivity contribution >= 4 is 27.7 Å². The van der Waals surface area contributed by atoms with Crippen LogP contribution in [0.2, 0.25) is 0 Å². The van der Waals surface area contributed by atoms with Crippen LogP contribution in [-0.2, 0) is 24.4 Å². The highest BCUT2D eigenvalue weighted by atomic mass is 32.2. The van der Waals surface area contributed by atoms with E-state index in [2.05, 4.69) is 10.0 Å². The number of amides is 3. The summed E-state index contributed by atoms with van der Waals surface area (Å²) in [7, 11) is -3.70. The fraction of sp³-hybridized carbons (Fsp3) is 0.500. The molecule has 0 bridgehead atoms. The Balaban J connectivity index is 1.66. The Morgan fingerprint density at radius 1 is 1.11 bits per heavy atom. The third-order valence-corrected chi connectivity index (χ3v) is 5.60. The summed E-state index contributed by atoms with van der Waals surface area (Å²) in [6.07, 6.45) is 0.943. The molecule has 1 fully saturated rings. The molecule has 2 rings (SSSR count). The van der Waals surface area contributed by atoms with Crippen LogP contribution in [0.1, 0.15) is 32.6 Å². The molecular weight excluding hydrogens is 386 g/mol. The zero-order valence-electron chi connectivity index (χ0n) is 15.8. The van der Waals surface area contributed by atoms with Gasteiger partial charge in [0.15, 0.2) is 0 Å². The monoisotopic (exact) mass is 411 g/mol. The lowest BCUT2D eigenvalue weighted by Gasteiger charge is -2.13. The van der Waals surface area contributed by atoms with Gasteiger partial charge in [-0.3, -0.25) is 19.3 Å². The van der Waals surface area contributed by atoms with Gasteiger partial charge in [-0.25, -0.2) is 13.1 Å². The number of likely N-dealkylation sites (tertiary alicyclic amines) is 1. The molecule has 3 amide bonds. The van der Waals surface area contributed by atoms with Crippen molar-refractivity contribution in [3.8, 4) is 5.75 Å². The van der Waals surface area contributed by atoms with Gasteiger partial charge >= 0.3 is 0 Å². The number of ether oxygens (including phenoxy) is 1. The summed E-state index contributed by atoms with van der Waals surface area (Å²) < 4.78 is 32.0. The molecule has 1 heterocycles. The minimum atomic E-state index is -3.70. The summed E-state index contributed by atoms with van der Waals surface area (Å²) in [5.74, 6) is -0.0910. The van der Waals surface area contributed by atoms with Crippen molar-refractivity contribution in [3.05, 3.63) is 24.3 Å². The number of carbonyl (C=O) groups is 3. The van der Waals surface area contributed by atoms with Crippen LogP contribution < -0.4 is 14.8 Å². The Morgan fingerprint density at radius 3 is 2.36 bits per heavy atom. The number of imide groups is 1. The summed E-state index contributed by atoms with van der Waals surface area (Å²) in [5, 5.41) is 2.64. The lowest BCUT2D eigenvalue weighted by Crippen LogP contribution is -2.34. The van der Waals surface area contributed by atoms with E-state index in [1.807, 2.05) is 6.92 Å². The van der Waals surface area contributed by atoms with Gasteiger partial charge in [0, 0.05) is 38.9 Å². The minimum Gasteiger partial charge on any atom is -0.494 e. The second-order valence-corrected chi connectivity index (χ2v) is 7.96. The number of rotatable bonds is 11. The number of nitrogens with zero attached hydrogens (tertiary/aromatic N) is 1. The molecule has 1 saturated heterocycles. The van der Waals surface area contributed by atoms with Gasteiger partial charge < -0.3 is 10.1 Å². The number of sulfonamides is 1. The van der Waals surface area contributed by atoms with Crippen LogP contribution in [0.4, 0.5) is 0 Å². The van der Waals surface area contributed by atoms with E-state index in [-0.39, 0.29) is 55.0 Å². The van der Waals surface area contributed by atoms with Crippen LogP contribution in [0.15, 0.2) is 29.2 Å². The van der Waals surface area contributed by atoms with E-state index in [1.54, 1.807) is 12.1 Å². The third kappa shape index (κ3) is 6.31. The van der Waals surface area contributed by atoms with Crippen LogP contribution in [0, 0.1) is 0 Å². The average molecular weight is 411 g/mol. The first-order valence-corrected chi connectivity index (χ1v) is 10.6. The lowest BCUT2D eigenvalue weighted by molar-refractivity contribution is -0.138. The first-order valence-electron chi connectivity index (χ1n) is 9.16. The predicted octanol–water partition coefficient (Wildman–Crippen LogP) is 0.409. The second-order valence-electron chi connectivity index (χ2n) is 6.19. The van der Waals surface area contributed by atoms with Gasteiger partial charge in [-0.05, 0) is 37.6 Å². The maximum absolute atomic E-state index is 12.2. The quantitative estimate of drug-likeness (QED) is 0.402. The van der Waals surface area contributed by atoms with Crippen LogP contribution in [0.25, 0.3) is 0 Å². The van der Waals surface area contributed by atoms with Gasteiger partial charge in [-0.15, -0.1) is 0 Å². The van der Waals surface area contributed by atoms with E-state index in [9.17, 15) is 22.8 Å². The molecule has 1 aromatic carbocycles. The minimum absolute atomic E-state index is 0.0160. The van der Waals surface area contributed by atoms with Gasteiger partial charge in [0.05, 0.1) is 11.5 Å². The van der Waals surface area contributed by atoms with Gasteiger partial charge in [-0.1, -0.05) is 0 Å². The first-order chi connectivity index (χ1) is 13.3. The molecule has 0 aromatic heterocycles. The molecule has 1 aliphatic rings. The molecule has 0 spiro atoms. The Kier molecular flexibility index (Phi) is 7.94. The largest absolute Gasteiger partial charge is 0.494 e. The summed E-state index contributed by atoms with van der Waals surface area (Å²) >= 11 is 0. The smallest absolute Gasteiger partial charge is 0.240 e. The molecule has 0 aliphatic carbocycles. The molecule has 9 nitrogen and oxygen atoms in total. The molecule has 0 unspecified atom stereocenters. The van der Waals surface area contributed by atoms with Crippen molar-refractivity contribution in [2.45, 2.75) is 37.5 Å². The van der Waals surface area contributed by atoms with E-state index in [0.717, 1.165) is 0 Å². The summed E-state index contributed by atoms with van der Waals surface area (Å²) in [5.41, 5.74) is 0. The molecule has 28 heavy (non-hydrogen) atoms. The Hall–Kier alpha value is -2.46. The van der Waals surface area contributed by atoms with Crippen LogP contribution >= 0.6 is 0 Å². The molecule has 1 aromatic rings. The van der Waals surface area contributed by atoms with E-state index in [4.69, 9.17) is 4.74 Å². The Labute approximate surface area is 164 Å². The fourth-order valence-electron chi connectivity index (χ4n) is 2.69. The van der Waals surface area contributed by atoms with E-state index in [0.29, 0.717) is 25.3 Å². The number of nitrogens with one attached hydrogen (secondary N) is 2. The Morgan fingerprint density at radius 2 is 1.75 bits per heavy atom. The molecule has 10 heteroatoms. The molecule has 1 aliphatic heterocycles. The van der Waals surface area contributed by atoms with Crippen LogP contribution in [0.3, 0.4) is 0 Å². The Bertz CT molecular complexity index is 791. The second kappa shape index (κ2) is 10.2. The number of carbonyl (C=O) groups excluding carboxylic acids is 3. The van der Waals surface area contributed by atoms with Crippen molar-refractivity contribution in [3.63, 3.8) is 0 Å². The maximum Gasteiger partial charge on any atom is 0.240 e. The highest BCUT2D eigenvalue weighted by Gasteiger charge is 2.27. The number of hydrogen-bond acceptors (Lipinski definition) is 6. The van der Waals surface area contributed by atoms with E-state index < -0.39 is 10.0 Å². The van der Waals surface area contributed by atoms with E-state index >= 15 is 0 Å². The SMILES string of the molecule is CCOc1ccc(S(=O)(=O)NCCC(=O)NCCCN2C(=O)CCC2=O)cc1. The predicted molar refractivity (Wildman–Crippen MR) is 101 cm³/mol. The highest BCUT2D eigenvalue weighted by Crippen LogP contribution is 2.15. The molecule has 0 saturated carbocycles. The summed E-state index contributed by atoms with van der Waals surface area (Å²) in [6, 6.07) is 6.02. The zero-order valence-corrected chi connectivity index (χ0v) is 16.6. The van der Waals surface area contributed by atoms with Gasteiger partial charge in [0.2, 0.25) is 27.7 Å². The molecule has 154 valence electrons. The molecule has 0 atom stereocenters. The van der Waals surface area contributed by atoms with E-state index in [1.165, 1.54) is 17.0 Å². The van der Waals surface area contributed by atoms with Crippen molar-refractivity contribution < 1.29 is 27.5 Å². The normalized spacial score (nSPS) is 14.4. The van der Waals surface area contributed by atoms with Crippen LogP contribution in [-0.4, -0.2) is 57.3 Å². The van der Waals surface area contributed by atoms with Gasteiger partial charge in [-0.2, -0.15) is 0 Å². The topological polar surface area (TPSA) is 122 Å². The summed E-state index contributed by atoms with van der Waals surface area (Å²) in [6.45, 7) is 2.88. The van der Waals surface area contributed by atoms with Crippen molar-refractivity contribution in [2.75, 3.05) is 26.2 Å².